The van der Waals surface area contributed by atoms with Crippen molar-refractivity contribution in [2.75, 3.05) is 7.11 Å². The van der Waals surface area contributed by atoms with Crippen molar-refractivity contribution in [3.8, 4) is 0 Å². The lowest BCUT2D eigenvalue weighted by atomic mass is 11.8. The molecule has 0 rings (SSSR count). The van der Waals surface area contributed by atoms with Crippen LogP contribution in [0.3, 0.4) is 0 Å². The molecule has 7 heavy (non-hydrogen) atoms. The molecule has 0 atom stereocenters. The van der Waals surface area contributed by atoms with E-state index in [1.807, 2.05) is 0 Å². The van der Waals surface area contributed by atoms with E-state index in [9.17, 15) is 0 Å². The standard InChI is InChI=1S/CH6OSi.Cl3HSi/c1-2-3;1-4(2)3/h1,3H3;4H. The first kappa shape index (κ1) is 11.1. The van der Waals surface area contributed by atoms with Gasteiger partial charge in [-0.3, -0.25) is 0 Å². The topological polar surface area (TPSA) is 9.23 Å². The average molecular weight is 198 g/mol. The van der Waals surface area contributed by atoms with Crippen LogP contribution in [0.25, 0.3) is 0 Å². The molecule has 0 spiro atoms. The van der Waals surface area contributed by atoms with Gasteiger partial charge in [0.2, 0.25) is 0 Å². The van der Waals surface area contributed by atoms with Crippen molar-refractivity contribution in [3.63, 3.8) is 0 Å². The maximum absolute atomic E-state index is 4.94. The SMILES string of the molecule is CO[SiH3].Cl[SiH](Cl)Cl. The quantitative estimate of drug-likeness (QED) is 0.402. The van der Waals surface area contributed by atoms with Gasteiger partial charge in [-0.05, 0) is 0 Å². The van der Waals surface area contributed by atoms with E-state index < -0.39 is 6.73 Å². The van der Waals surface area contributed by atoms with Crippen molar-refractivity contribution in [1.29, 1.82) is 0 Å². The van der Waals surface area contributed by atoms with Crippen LogP contribution in [-0.2, 0) is 4.43 Å². The molecule has 0 unspecified atom stereocenters. The summed E-state index contributed by atoms with van der Waals surface area (Å²) in [4.78, 5) is 0. The van der Waals surface area contributed by atoms with Crippen molar-refractivity contribution < 1.29 is 4.43 Å². The minimum absolute atomic E-state index is 0.869. The summed E-state index contributed by atoms with van der Waals surface area (Å²) in [5, 5.41) is 0. The van der Waals surface area contributed by atoms with Crippen LogP contribution in [0.15, 0.2) is 0 Å². The third-order valence-electron chi connectivity index (χ3n) is 0. The average Bonchev–Trinajstić information content (AvgIpc) is 1.33. The van der Waals surface area contributed by atoms with Crippen molar-refractivity contribution in [3.05, 3.63) is 0 Å². The van der Waals surface area contributed by atoms with Gasteiger partial charge in [-0.2, -0.15) is 0 Å². The van der Waals surface area contributed by atoms with E-state index in [1.54, 1.807) is 7.11 Å². The van der Waals surface area contributed by atoms with Gasteiger partial charge in [-0.1, -0.05) is 0 Å². The molecule has 0 aliphatic heterocycles. The molecule has 0 radical (unpaired) electrons. The Morgan fingerprint density at radius 3 is 1.43 bits per heavy atom. The van der Waals surface area contributed by atoms with Gasteiger partial charge in [0.1, 0.15) is 10.5 Å². The Bertz CT molecular complexity index is 24.1. The Hall–Kier alpha value is 1.26. The van der Waals surface area contributed by atoms with Crippen LogP contribution in [0.2, 0.25) is 0 Å². The number of halogens is 3. The van der Waals surface area contributed by atoms with Crippen LogP contribution in [-0.4, -0.2) is 24.3 Å². The molecule has 0 bridgehead atoms. The molecule has 0 heterocycles. The lowest BCUT2D eigenvalue weighted by Gasteiger charge is -1.65. The summed E-state index contributed by atoms with van der Waals surface area (Å²) >= 11 is 14.8. The molecule has 0 aromatic heterocycles. The molecule has 0 saturated heterocycles. The maximum atomic E-state index is 4.94. The van der Waals surface area contributed by atoms with Gasteiger partial charge < -0.3 is 4.43 Å². The molecular weight excluding hydrogens is 191 g/mol. The van der Waals surface area contributed by atoms with Crippen LogP contribution >= 0.6 is 33.2 Å². The zero-order valence-corrected chi connectivity index (χ0v) is 9.54. The molecule has 0 aromatic rings. The molecule has 46 valence electrons. The molecule has 0 N–H and O–H groups in total. The number of rotatable bonds is 0. The minimum Gasteiger partial charge on any atom is -0.431 e. The lowest BCUT2D eigenvalue weighted by molar-refractivity contribution is 0.460. The first-order valence-corrected chi connectivity index (χ1v) is 7.52. The van der Waals surface area contributed by atoms with E-state index in [1.165, 1.54) is 0 Å². The third kappa shape index (κ3) is 126. The largest absolute Gasteiger partial charge is 0.431 e. The van der Waals surface area contributed by atoms with Crippen LogP contribution in [0, 0.1) is 0 Å². The highest BCUT2D eigenvalue weighted by Gasteiger charge is 1.85. The normalized spacial score (nSPS) is 8.14. The first-order valence-electron chi connectivity index (χ1n) is 1.47. The fourth-order valence-corrected chi connectivity index (χ4v) is 0. The Labute approximate surface area is 62.2 Å². The van der Waals surface area contributed by atoms with Gasteiger partial charge in [-0.15, -0.1) is 33.2 Å². The lowest BCUT2D eigenvalue weighted by Crippen LogP contribution is -1.66. The second-order valence-electron chi connectivity index (χ2n) is 0.656. The zero-order valence-electron chi connectivity index (χ0n) is 4.12. The Kier molecular flexibility index (Phi) is 16.3. The van der Waals surface area contributed by atoms with Crippen LogP contribution in [0.1, 0.15) is 0 Å². The summed E-state index contributed by atoms with van der Waals surface area (Å²) < 4.78 is 4.39. The van der Waals surface area contributed by atoms with E-state index in [0.717, 1.165) is 10.5 Å². The third-order valence-corrected chi connectivity index (χ3v) is 0. The highest BCUT2D eigenvalue weighted by Crippen LogP contribution is 1.97. The zero-order chi connectivity index (χ0) is 6.28. The van der Waals surface area contributed by atoms with Crippen LogP contribution in [0.4, 0.5) is 0 Å². The fourth-order valence-electron chi connectivity index (χ4n) is 0. The smallest absolute Gasteiger partial charge is 0.326 e. The van der Waals surface area contributed by atoms with Gasteiger partial charge in [0, 0.05) is 7.11 Å². The fraction of sp³-hybridized carbons (Fsp3) is 1.00. The monoisotopic (exact) mass is 196 g/mol. The van der Waals surface area contributed by atoms with E-state index in [4.69, 9.17) is 33.2 Å². The van der Waals surface area contributed by atoms with Gasteiger partial charge in [-0.25, -0.2) is 0 Å². The van der Waals surface area contributed by atoms with Crippen molar-refractivity contribution in [2.45, 2.75) is 0 Å². The minimum atomic E-state index is -1.72. The van der Waals surface area contributed by atoms with E-state index in [-0.39, 0.29) is 0 Å². The number of hydrogen-bond acceptors (Lipinski definition) is 1. The van der Waals surface area contributed by atoms with Crippen LogP contribution < -0.4 is 0 Å². The predicted octanol–water partition coefficient (Wildman–Crippen LogP) is 0.333. The van der Waals surface area contributed by atoms with Crippen LogP contribution in [0.5, 0.6) is 0 Å². The summed E-state index contributed by atoms with van der Waals surface area (Å²) in [6.07, 6.45) is 0. The number of hydrogen-bond donors (Lipinski definition) is 0. The van der Waals surface area contributed by atoms with Gasteiger partial charge in [0.05, 0.1) is 0 Å². The van der Waals surface area contributed by atoms with Gasteiger partial charge >= 0.3 is 6.73 Å². The Morgan fingerprint density at radius 2 is 1.43 bits per heavy atom. The Balaban J connectivity index is 0. The molecule has 0 aliphatic rings. The van der Waals surface area contributed by atoms with Crippen molar-refractivity contribution >= 4 is 50.4 Å². The summed E-state index contributed by atoms with van der Waals surface area (Å²) in [7, 11) is 2.56. The second-order valence-corrected chi connectivity index (χ2v) is 7.91. The molecule has 0 aromatic carbocycles. The first-order chi connectivity index (χ1) is 3.15. The molecular formula is CH7Cl3OSi2. The van der Waals surface area contributed by atoms with Gasteiger partial charge in [0.25, 0.3) is 0 Å². The highest BCUT2D eigenvalue weighted by molar-refractivity contribution is 7.54. The summed E-state index contributed by atoms with van der Waals surface area (Å²) in [6, 6.07) is 0. The van der Waals surface area contributed by atoms with Crippen molar-refractivity contribution in [1.82, 2.24) is 0 Å². The Morgan fingerprint density at radius 1 is 1.43 bits per heavy atom. The van der Waals surface area contributed by atoms with Crippen molar-refractivity contribution in [2.24, 2.45) is 0 Å². The molecule has 6 heteroatoms. The summed E-state index contributed by atoms with van der Waals surface area (Å²) in [5.74, 6) is 0. The van der Waals surface area contributed by atoms with E-state index in [2.05, 4.69) is 4.43 Å². The molecule has 0 saturated carbocycles. The molecule has 0 fully saturated rings. The predicted molar refractivity (Wildman–Crippen MR) is 41.7 cm³/mol. The summed E-state index contributed by atoms with van der Waals surface area (Å²) in [6.45, 7) is -1.72. The molecule has 0 amide bonds. The second kappa shape index (κ2) is 10.3. The van der Waals surface area contributed by atoms with Gasteiger partial charge in [0.15, 0.2) is 0 Å². The van der Waals surface area contributed by atoms with E-state index >= 15 is 0 Å². The van der Waals surface area contributed by atoms with E-state index in [0.29, 0.717) is 0 Å². The molecule has 0 aliphatic carbocycles. The maximum Gasteiger partial charge on any atom is 0.326 e. The highest BCUT2D eigenvalue weighted by atomic mass is 35.8. The molecule has 1 nitrogen and oxygen atoms in total. The summed E-state index contributed by atoms with van der Waals surface area (Å²) in [5.41, 5.74) is 0.